The number of benzene rings is 1. The number of amides is 2. The van der Waals surface area contributed by atoms with Gasteiger partial charge in [-0.2, -0.15) is 0 Å². The molecule has 5 heteroatoms. The zero-order valence-corrected chi connectivity index (χ0v) is 14.6. The zero-order valence-electron chi connectivity index (χ0n) is 14.6. The summed E-state index contributed by atoms with van der Waals surface area (Å²) in [6.07, 6.45) is 1.80. The molecule has 2 amide bonds. The molecule has 128 valence electrons. The molecular formula is C18H28N2O3. The van der Waals surface area contributed by atoms with E-state index in [1.54, 1.807) is 12.0 Å². The van der Waals surface area contributed by atoms with E-state index in [4.69, 9.17) is 4.74 Å². The van der Waals surface area contributed by atoms with Crippen LogP contribution in [-0.4, -0.2) is 36.4 Å². The first kappa shape index (κ1) is 19.0. The molecule has 0 saturated carbocycles. The largest absolute Gasteiger partial charge is 0.497 e. The van der Waals surface area contributed by atoms with Gasteiger partial charge in [-0.05, 0) is 37.5 Å². The summed E-state index contributed by atoms with van der Waals surface area (Å²) in [6.45, 7) is 6.74. The van der Waals surface area contributed by atoms with Crippen molar-refractivity contribution in [2.45, 2.75) is 52.6 Å². The molecule has 0 unspecified atom stereocenters. The lowest BCUT2D eigenvalue weighted by atomic mass is 10.1. The summed E-state index contributed by atoms with van der Waals surface area (Å²) in [4.78, 5) is 26.5. The second kappa shape index (κ2) is 9.87. The Morgan fingerprint density at radius 1 is 1.26 bits per heavy atom. The molecule has 23 heavy (non-hydrogen) atoms. The normalized spacial score (nSPS) is 11.7. The van der Waals surface area contributed by atoms with Crippen LogP contribution in [0.3, 0.4) is 0 Å². The predicted octanol–water partition coefficient (Wildman–Crippen LogP) is 2.74. The predicted molar refractivity (Wildman–Crippen MR) is 91.2 cm³/mol. The van der Waals surface area contributed by atoms with Crippen molar-refractivity contribution < 1.29 is 14.3 Å². The lowest BCUT2D eigenvalue weighted by Crippen LogP contribution is -2.48. The smallest absolute Gasteiger partial charge is 0.242 e. The van der Waals surface area contributed by atoms with Crippen LogP contribution < -0.4 is 10.1 Å². The maximum atomic E-state index is 12.5. The summed E-state index contributed by atoms with van der Waals surface area (Å²) in [7, 11) is 1.61. The van der Waals surface area contributed by atoms with Gasteiger partial charge in [0.15, 0.2) is 0 Å². The summed E-state index contributed by atoms with van der Waals surface area (Å²) in [6, 6.07) is 7.16. The minimum absolute atomic E-state index is 0.00780. The minimum Gasteiger partial charge on any atom is -0.497 e. The summed E-state index contributed by atoms with van der Waals surface area (Å²) < 4.78 is 5.23. The number of likely N-dealkylation sites (N-methyl/N-ethyl adjacent to an activating group) is 1. The maximum Gasteiger partial charge on any atom is 0.242 e. The number of hydrogen-bond donors (Lipinski definition) is 1. The van der Waals surface area contributed by atoms with E-state index in [0.29, 0.717) is 25.9 Å². The van der Waals surface area contributed by atoms with Gasteiger partial charge in [-0.1, -0.05) is 26.0 Å². The molecule has 0 aromatic heterocycles. The fourth-order valence-corrected chi connectivity index (χ4v) is 2.54. The van der Waals surface area contributed by atoms with E-state index in [1.807, 2.05) is 45.0 Å². The molecule has 5 nitrogen and oxygen atoms in total. The molecule has 1 rings (SSSR count). The average Bonchev–Trinajstić information content (AvgIpc) is 2.55. The van der Waals surface area contributed by atoms with Crippen molar-refractivity contribution >= 4 is 11.8 Å². The molecule has 1 N–H and O–H groups in total. The molecule has 0 bridgehead atoms. The Labute approximate surface area is 139 Å². The maximum absolute atomic E-state index is 12.5. The first-order valence-electron chi connectivity index (χ1n) is 8.27. The second-order valence-electron chi connectivity index (χ2n) is 5.44. The Morgan fingerprint density at radius 2 is 2.00 bits per heavy atom. The van der Waals surface area contributed by atoms with Gasteiger partial charge in [0.25, 0.3) is 0 Å². The molecule has 0 aliphatic carbocycles. The van der Waals surface area contributed by atoms with Crippen LogP contribution in [0.15, 0.2) is 24.3 Å². The molecule has 0 radical (unpaired) electrons. The van der Waals surface area contributed by atoms with Gasteiger partial charge in [0, 0.05) is 19.5 Å². The average molecular weight is 320 g/mol. The van der Waals surface area contributed by atoms with Gasteiger partial charge < -0.3 is 15.0 Å². The van der Waals surface area contributed by atoms with Gasteiger partial charge in [0.1, 0.15) is 11.8 Å². The molecular weight excluding hydrogens is 292 g/mol. The van der Waals surface area contributed by atoms with Gasteiger partial charge in [0.2, 0.25) is 11.8 Å². The lowest BCUT2D eigenvalue weighted by molar-refractivity contribution is -0.141. The van der Waals surface area contributed by atoms with Gasteiger partial charge in [-0.15, -0.1) is 0 Å². The zero-order chi connectivity index (χ0) is 17.2. The van der Waals surface area contributed by atoms with E-state index in [1.165, 1.54) is 0 Å². The fraction of sp³-hybridized carbons (Fsp3) is 0.556. The SMILES string of the molecule is CCCC(=O)N(Cc1cccc(OC)c1)[C@H](CC)C(=O)NCC. The second-order valence-corrected chi connectivity index (χ2v) is 5.44. The van der Waals surface area contributed by atoms with Crippen LogP contribution in [0.4, 0.5) is 0 Å². The molecule has 0 heterocycles. The number of nitrogens with one attached hydrogen (secondary N) is 1. The highest BCUT2D eigenvalue weighted by atomic mass is 16.5. The molecule has 1 aromatic carbocycles. The van der Waals surface area contributed by atoms with E-state index < -0.39 is 6.04 Å². The molecule has 0 aliphatic rings. The highest BCUT2D eigenvalue weighted by Crippen LogP contribution is 2.18. The quantitative estimate of drug-likeness (QED) is 0.761. The van der Waals surface area contributed by atoms with Crippen LogP contribution in [0.25, 0.3) is 0 Å². The van der Waals surface area contributed by atoms with Crippen molar-refractivity contribution in [3.63, 3.8) is 0 Å². The lowest BCUT2D eigenvalue weighted by Gasteiger charge is -2.30. The van der Waals surface area contributed by atoms with Crippen molar-refractivity contribution in [2.24, 2.45) is 0 Å². The van der Waals surface area contributed by atoms with Crippen molar-refractivity contribution in [2.75, 3.05) is 13.7 Å². The van der Waals surface area contributed by atoms with E-state index in [2.05, 4.69) is 5.32 Å². The van der Waals surface area contributed by atoms with Crippen LogP contribution in [0.1, 0.15) is 45.6 Å². The van der Waals surface area contributed by atoms with Gasteiger partial charge in [-0.3, -0.25) is 9.59 Å². The van der Waals surface area contributed by atoms with E-state index in [-0.39, 0.29) is 11.8 Å². The van der Waals surface area contributed by atoms with Crippen molar-refractivity contribution in [3.05, 3.63) is 29.8 Å². The Hall–Kier alpha value is -2.04. The van der Waals surface area contributed by atoms with Crippen LogP contribution in [0.2, 0.25) is 0 Å². The molecule has 0 saturated heterocycles. The number of methoxy groups -OCH3 is 1. The summed E-state index contributed by atoms with van der Waals surface area (Å²) >= 11 is 0. The van der Waals surface area contributed by atoms with Crippen LogP contribution >= 0.6 is 0 Å². The number of rotatable bonds is 9. The highest BCUT2D eigenvalue weighted by molar-refractivity contribution is 5.87. The van der Waals surface area contributed by atoms with E-state index >= 15 is 0 Å². The molecule has 1 aromatic rings. The summed E-state index contributed by atoms with van der Waals surface area (Å²) in [5, 5.41) is 2.82. The number of carbonyl (C=O) groups is 2. The van der Waals surface area contributed by atoms with Crippen LogP contribution in [0.5, 0.6) is 5.75 Å². The Kier molecular flexibility index (Phi) is 8.16. The summed E-state index contributed by atoms with van der Waals surface area (Å²) in [5.41, 5.74) is 0.955. The third-order valence-electron chi connectivity index (χ3n) is 3.69. The van der Waals surface area contributed by atoms with Crippen LogP contribution in [0, 0.1) is 0 Å². The molecule has 1 atom stereocenters. The third-order valence-corrected chi connectivity index (χ3v) is 3.69. The van der Waals surface area contributed by atoms with Crippen molar-refractivity contribution in [3.8, 4) is 5.75 Å². The molecule has 0 fully saturated rings. The third kappa shape index (κ3) is 5.58. The summed E-state index contributed by atoms with van der Waals surface area (Å²) in [5.74, 6) is 0.659. The first-order chi connectivity index (χ1) is 11.1. The van der Waals surface area contributed by atoms with Crippen molar-refractivity contribution in [1.29, 1.82) is 0 Å². The monoisotopic (exact) mass is 320 g/mol. The van der Waals surface area contributed by atoms with Crippen molar-refractivity contribution in [1.82, 2.24) is 10.2 Å². The minimum atomic E-state index is -0.444. The topological polar surface area (TPSA) is 58.6 Å². The van der Waals surface area contributed by atoms with Gasteiger partial charge in [0.05, 0.1) is 7.11 Å². The number of hydrogen-bond acceptors (Lipinski definition) is 3. The highest BCUT2D eigenvalue weighted by Gasteiger charge is 2.27. The van der Waals surface area contributed by atoms with E-state index in [0.717, 1.165) is 17.7 Å². The molecule has 0 aliphatic heterocycles. The number of nitrogens with zero attached hydrogens (tertiary/aromatic N) is 1. The van der Waals surface area contributed by atoms with Crippen LogP contribution in [-0.2, 0) is 16.1 Å². The molecule has 0 spiro atoms. The Bertz CT molecular complexity index is 517. The fourth-order valence-electron chi connectivity index (χ4n) is 2.54. The number of carbonyl (C=O) groups excluding carboxylic acids is 2. The number of ether oxygens (including phenoxy) is 1. The van der Waals surface area contributed by atoms with E-state index in [9.17, 15) is 9.59 Å². The van der Waals surface area contributed by atoms with Gasteiger partial charge in [-0.25, -0.2) is 0 Å². The first-order valence-corrected chi connectivity index (χ1v) is 8.27. The Balaban J connectivity index is 3.03. The Morgan fingerprint density at radius 3 is 2.57 bits per heavy atom. The standard InChI is InChI=1S/C18H28N2O3/c1-5-9-17(21)20(16(6-2)18(22)19-7-3)13-14-10-8-11-15(12-14)23-4/h8,10-12,16H,5-7,9,13H2,1-4H3,(H,19,22)/t16-/m1/s1. The van der Waals surface area contributed by atoms with Gasteiger partial charge >= 0.3 is 0 Å².